The van der Waals surface area contributed by atoms with Crippen molar-refractivity contribution >= 4 is 11.3 Å². The summed E-state index contributed by atoms with van der Waals surface area (Å²) in [6.07, 6.45) is 1.02. The van der Waals surface area contributed by atoms with Gasteiger partial charge in [0.1, 0.15) is 0 Å². The first kappa shape index (κ1) is 16.2. The molecule has 0 bridgehead atoms. The molecule has 0 aliphatic carbocycles. The Morgan fingerprint density at radius 1 is 1.19 bits per heavy atom. The zero-order valence-electron chi connectivity index (χ0n) is 13.7. The zero-order valence-corrected chi connectivity index (χ0v) is 14.5. The van der Waals surface area contributed by atoms with Gasteiger partial charge in [-0.1, -0.05) is 58.0 Å². The third-order valence-corrected chi connectivity index (χ3v) is 4.73. The number of nitrogens with zero attached hydrogens (tertiary/aromatic N) is 1. The lowest BCUT2D eigenvalue weighted by atomic mass is 9.91. The van der Waals surface area contributed by atoms with Crippen LogP contribution in [0.25, 0.3) is 0 Å². The molecule has 1 heterocycles. The van der Waals surface area contributed by atoms with E-state index in [2.05, 4.69) is 68.7 Å². The quantitative estimate of drug-likeness (QED) is 0.874. The average molecular weight is 302 g/mol. The monoisotopic (exact) mass is 302 g/mol. The van der Waals surface area contributed by atoms with E-state index in [1.165, 1.54) is 16.3 Å². The van der Waals surface area contributed by atoms with Gasteiger partial charge >= 0.3 is 0 Å². The third kappa shape index (κ3) is 4.14. The lowest BCUT2D eigenvalue weighted by Gasteiger charge is -2.23. The van der Waals surface area contributed by atoms with Crippen LogP contribution in [0.15, 0.2) is 35.7 Å². The Kier molecular flexibility index (Phi) is 5.17. The summed E-state index contributed by atoms with van der Waals surface area (Å²) in [4.78, 5) is 4.82. The molecule has 2 nitrogen and oxygen atoms in total. The molecule has 21 heavy (non-hydrogen) atoms. The minimum Gasteiger partial charge on any atom is -0.313 e. The Morgan fingerprint density at radius 2 is 1.86 bits per heavy atom. The van der Waals surface area contributed by atoms with E-state index in [1.54, 1.807) is 11.3 Å². The molecule has 0 aliphatic heterocycles. The molecule has 2 rings (SSSR count). The molecule has 114 valence electrons. The number of hydrogen-bond donors (Lipinski definition) is 1. The molecule has 2 aromatic rings. The SMILES string of the molecule is CNC(c1ccccc1)C(C)Cc1nc(C(C)(C)C)cs1. The summed E-state index contributed by atoms with van der Waals surface area (Å²) >= 11 is 1.79. The molecule has 0 aliphatic rings. The first-order valence-corrected chi connectivity index (χ1v) is 8.47. The van der Waals surface area contributed by atoms with Gasteiger partial charge in [-0.25, -0.2) is 4.98 Å². The van der Waals surface area contributed by atoms with E-state index in [0.717, 1.165) is 6.42 Å². The fourth-order valence-corrected chi connectivity index (χ4v) is 3.75. The summed E-state index contributed by atoms with van der Waals surface area (Å²) < 4.78 is 0. The average Bonchev–Trinajstić information content (AvgIpc) is 2.89. The molecular formula is C18H26N2S. The normalized spacial score (nSPS) is 14.9. The molecule has 3 heteroatoms. The van der Waals surface area contributed by atoms with Crippen molar-refractivity contribution in [2.45, 2.75) is 45.6 Å². The minimum atomic E-state index is 0.139. The van der Waals surface area contributed by atoms with Crippen molar-refractivity contribution in [2.75, 3.05) is 7.05 Å². The van der Waals surface area contributed by atoms with Gasteiger partial charge in [0.25, 0.3) is 0 Å². The summed E-state index contributed by atoms with van der Waals surface area (Å²) in [5, 5.41) is 6.90. The van der Waals surface area contributed by atoms with E-state index in [9.17, 15) is 0 Å². The highest BCUT2D eigenvalue weighted by Crippen LogP contribution is 2.28. The predicted molar refractivity (Wildman–Crippen MR) is 91.9 cm³/mol. The molecule has 0 saturated carbocycles. The molecule has 1 aromatic carbocycles. The van der Waals surface area contributed by atoms with Crippen LogP contribution in [0.5, 0.6) is 0 Å². The fraction of sp³-hybridized carbons (Fsp3) is 0.500. The number of thiazole rings is 1. The van der Waals surface area contributed by atoms with Gasteiger partial charge in [0.2, 0.25) is 0 Å². The van der Waals surface area contributed by atoms with Gasteiger partial charge in [-0.2, -0.15) is 0 Å². The Hall–Kier alpha value is -1.19. The smallest absolute Gasteiger partial charge is 0.0931 e. The molecule has 0 amide bonds. The van der Waals surface area contributed by atoms with Gasteiger partial charge in [0.05, 0.1) is 10.7 Å². The first-order valence-electron chi connectivity index (χ1n) is 7.59. The van der Waals surface area contributed by atoms with Gasteiger partial charge < -0.3 is 5.32 Å². The highest BCUT2D eigenvalue weighted by molar-refractivity contribution is 7.09. The lowest BCUT2D eigenvalue weighted by molar-refractivity contribution is 0.407. The number of rotatable bonds is 5. The van der Waals surface area contributed by atoms with E-state index in [0.29, 0.717) is 12.0 Å². The maximum Gasteiger partial charge on any atom is 0.0931 e. The zero-order chi connectivity index (χ0) is 15.5. The van der Waals surface area contributed by atoms with Crippen molar-refractivity contribution in [1.82, 2.24) is 10.3 Å². The third-order valence-electron chi connectivity index (χ3n) is 3.86. The molecule has 0 fully saturated rings. The summed E-state index contributed by atoms with van der Waals surface area (Å²) in [6, 6.07) is 11.0. The standard InChI is InChI=1S/C18H26N2S/c1-13(17(19-5)14-9-7-6-8-10-14)11-16-20-15(12-21-16)18(2,3)4/h6-10,12-13,17,19H,11H2,1-5H3. The number of aromatic nitrogens is 1. The van der Waals surface area contributed by atoms with Crippen molar-refractivity contribution in [3.8, 4) is 0 Å². The Labute approximate surface area is 132 Å². The van der Waals surface area contributed by atoms with Crippen LogP contribution in [-0.2, 0) is 11.8 Å². The summed E-state index contributed by atoms with van der Waals surface area (Å²) in [7, 11) is 2.04. The van der Waals surface area contributed by atoms with Crippen LogP contribution in [0.4, 0.5) is 0 Å². The Morgan fingerprint density at radius 3 is 2.38 bits per heavy atom. The second-order valence-corrected chi connectivity index (χ2v) is 7.68. The van der Waals surface area contributed by atoms with Crippen molar-refractivity contribution in [1.29, 1.82) is 0 Å². The second kappa shape index (κ2) is 6.71. The maximum absolute atomic E-state index is 4.82. The molecule has 2 unspecified atom stereocenters. The van der Waals surface area contributed by atoms with Gasteiger partial charge in [-0.3, -0.25) is 0 Å². The van der Waals surface area contributed by atoms with E-state index in [-0.39, 0.29) is 5.41 Å². The van der Waals surface area contributed by atoms with Crippen molar-refractivity contribution in [2.24, 2.45) is 5.92 Å². The van der Waals surface area contributed by atoms with Crippen LogP contribution < -0.4 is 5.32 Å². The molecule has 1 N–H and O–H groups in total. The highest BCUT2D eigenvalue weighted by atomic mass is 32.1. The van der Waals surface area contributed by atoms with Gasteiger partial charge in [-0.05, 0) is 18.5 Å². The minimum absolute atomic E-state index is 0.139. The first-order chi connectivity index (χ1) is 9.91. The van der Waals surface area contributed by atoms with Gasteiger partial charge in [-0.15, -0.1) is 11.3 Å². The topological polar surface area (TPSA) is 24.9 Å². The van der Waals surface area contributed by atoms with Crippen LogP contribution in [0, 0.1) is 5.92 Å². The maximum atomic E-state index is 4.82. The molecule has 0 saturated heterocycles. The molecule has 2 atom stereocenters. The number of nitrogens with one attached hydrogen (secondary N) is 1. The van der Waals surface area contributed by atoms with Crippen LogP contribution in [-0.4, -0.2) is 12.0 Å². The van der Waals surface area contributed by atoms with Crippen LogP contribution in [0.3, 0.4) is 0 Å². The van der Waals surface area contributed by atoms with E-state index in [4.69, 9.17) is 4.98 Å². The Bertz CT molecular complexity index is 554. The number of benzene rings is 1. The second-order valence-electron chi connectivity index (χ2n) is 6.73. The van der Waals surface area contributed by atoms with E-state index in [1.807, 2.05) is 7.05 Å². The van der Waals surface area contributed by atoms with Crippen LogP contribution >= 0.6 is 11.3 Å². The predicted octanol–water partition coefficient (Wildman–Crippen LogP) is 4.58. The summed E-state index contributed by atoms with van der Waals surface area (Å²) in [5.41, 5.74) is 2.69. The van der Waals surface area contributed by atoms with Gasteiger partial charge in [0.15, 0.2) is 0 Å². The van der Waals surface area contributed by atoms with E-state index < -0.39 is 0 Å². The van der Waals surface area contributed by atoms with Crippen LogP contribution in [0.2, 0.25) is 0 Å². The molecular weight excluding hydrogens is 276 g/mol. The summed E-state index contributed by atoms with van der Waals surface area (Å²) in [6.45, 7) is 8.95. The Balaban J connectivity index is 2.09. The van der Waals surface area contributed by atoms with Crippen molar-refractivity contribution in [3.63, 3.8) is 0 Å². The number of hydrogen-bond acceptors (Lipinski definition) is 3. The molecule has 0 spiro atoms. The largest absolute Gasteiger partial charge is 0.313 e. The lowest BCUT2D eigenvalue weighted by Crippen LogP contribution is -2.25. The molecule has 1 aromatic heterocycles. The highest BCUT2D eigenvalue weighted by Gasteiger charge is 2.21. The van der Waals surface area contributed by atoms with Crippen LogP contribution in [0.1, 0.15) is 50.0 Å². The van der Waals surface area contributed by atoms with Gasteiger partial charge in [0, 0.05) is 23.3 Å². The van der Waals surface area contributed by atoms with E-state index >= 15 is 0 Å². The van der Waals surface area contributed by atoms with Crippen molar-refractivity contribution < 1.29 is 0 Å². The summed E-state index contributed by atoms with van der Waals surface area (Å²) in [5.74, 6) is 0.511. The fourth-order valence-electron chi connectivity index (χ4n) is 2.58. The van der Waals surface area contributed by atoms with Crippen molar-refractivity contribution in [3.05, 3.63) is 52.0 Å². The molecule has 0 radical (unpaired) electrons.